The minimum absolute atomic E-state index is 0.132. The molecule has 33 heavy (non-hydrogen) atoms. The molecule has 1 aromatic carbocycles. The first-order chi connectivity index (χ1) is 15.8. The van der Waals surface area contributed by atoms with Crippen LogP contribution in [0.15, 0.2) is 36.2 Å². The van der Waals surface area contributed by atoms with Crippen molar-refractivity contribution >= 4 is 46.4 Å². The molecule has 0 spiro atoms. The van der Waals surface area contributed by atoms with E-state index in [4.69, 9.17) is 16.3 Å². The second kappa shape index (κ2) is 11.3. The van der Waals surface area contributed by atoms with Crippen molar-refractivity contribution in [3.05, 3.63) is 52.4 Å². The monoisotopic (exact) mass is 469 g/mol. The van der Waals surface area contributed by atoms with Crippen molar-refractivity contribution in [3.8, 4) is 0 Å². The average molecular weight is 470 g/mol. The summed E-state index contributed by atoms with van der Waals surface area (Å²) in [6.45, 7) is 8.92. The van der Waals surface area contributed by atoms with E-state index in [2.05, 4.69) is 22.1 Å². The van der Waals surface area contributed by atoms with Gasteiger partial charge >= 0.3 is 0 Å². The molecule has 176 valence electrons. The number of pyridine rings is 1. The Labute approximate surface area is 201 Å². The van der Waals surface area contributed by atoms with Gasteiger partial charge in [0, 0.05) is 31.8 Å². The molecule has 1 fully saturated rings. The molecule has 6 nitrogen and oxygen atoms in total. The lowest BCUT2D eigenvalue weighted by atomic mass is 9.94. The highest BCUT2D eigenvalue weighted by Crippen LogP contribution is 2.31. The van der Waals surface area contributed by atoms with E-state index in [1.165, 1.54) is 33.1 Å². The Bertz CT molecular complexity index is 1040. The van der Waals surface area contributed by atoms with Crippen LogP contribution in [0.3, 0.4) is 0 Å². The fraction of sp³-hybridized carbons (Fsp3) is 0.423. The molecule has 7 heteroatoms. The van der Waals surface area contributed by atoms with Crippen LogP contribution in [0.5, 0.6) is 0 Å². The smallest absolute Gasteiger partial charge is 0.194 e. The molecule has 1 aliphatic heterocycles. The topological polar surface area (TPSA) is 71.5 Å². The van der Waals surface area contributed by atoms with Crippen LogP contribution >= 0.6 is 11.6 Å². The molecular formula is C26H32ClN3O3. The molecule has 0 unspecified atom stereocenters. The van der Waals surface area contributed by atoms with Crippen molar-refractivity contribution in [1.29, 1.82) is 0 Å². The van der Waals surface area contributed by atoms with Crippen molar-refractivity contribution in [2.24, 2.45) is 5.92 Å². The molecule has 2 heterocycles. The molecule has 3 rings (SSSR count). The molecule has 1 aliphatic rings. The summed E-state index contributed by atoms with van der Waals surface area (Å²) in [5.41, 5.74) is 3.40. The first-order valence-electron chi connectivity index (χ1n) is 11.4. The Morgan fingerprint density at radius 3 is 2.61 bits per heavy atom. The number of nitrogens with zero attached hydrogens (tertiary/aromatic N) is 2. The van der Waals surface area contributed by atoms with Crippen LogP contribution < -0.4 is 10.2 Å². The standard InChI is InChI=1S/C26H32ClN3O3/c1-5-20-8-10-30(11-9-20)26-14-24(23(27)15-28-26)29-22-7-6-17(2)21(12-22)13-25(19(4)32)33-16-18(3)31/h6-7,12-15,20H,5,8-11,16H2,1-4H3,(H,28,29)/b25-13+. The van der Waals surface area contributed by atoms with E-state index in [9.17, 15) is 9.59 Å². The lowest BCUT2D eigenvalue weighted by molar-refractivity contribution is -0.122. The quantitative estimate of drug-likeness (QED) is 0.361. The van der Waals surface area contributed by atoms with Gasteiger partial charge in [-0.2, -0.15) is 0 Å². The number of nitrogens with one attached hydrogen (secondary N) is 1. The first-order valence-corrected chi connectivity index (χ1v) is 11.8. The van der Waals surface area contributed by atoms with Crippen molar-refractivity contribution in [3.63, 3.8) is 0 Å². The molecule has 0 saturated carbocycles. The average Bonchev–Trinajstić information content (AvgIpc) is 2.79. The minimum Gasteiger partial charge on any atom is -0.482 e. The van der Waals surface area contributed by atoms with Gasteiger partial charge in [0.25, 0.3) is 0 Å². The molecule has 1 saturated heterocycles. The maximum atomic E-state index is 12.0. The van der Waals surface area contributed by atoms with E-state index in [1.54, 1.807) is 12.3 Å². The number of allylic oxidation sites excluding steroid dienone is 1. The number of halogens is 1. The number of benzene rings is 1. The summed E-state index contributed by atoms with van der Waals surface area (Å²) in [7, 11) is 0. The van der Waals surface area contributed by atoms with Crippen LogP contribution in [0.2, 0.25) is 5.02 Å². The Kier molecular flexibility index (Phi) is 8.50. The first kappa shape index (κ1) is 24.8. The second-order valence-corrected chi connectivity index (χ2v) is 9.02. The van der Waals surface area contributed by atoms with Crippen LogP contribution in [-0.4, -0.2) is 36.2 Å². The number of rotatable bonds is 9. The predicted molar refractivity (Wildman–Crippen MR) is 134 cm³/mol. The van der Waals surface area contributed by atoms with Gasteiger partial charge in [-0.15, -0.1) is 0 Å². The zero-order valence-corrected chi connectivity index (χ0v) is 20.5. The van der Waals surface area contributed by atoms with E-state index in [0.29, 0.717) is 5.02 Å². The van der Waals surface area contributed by atoms with Gasteiger partial charge in [-0.05, 0) is 61.9 Å². The summed E-state index contributed by atoms with van der Waals surface area (Å²) in [5, 5.41) is 3.92. The molecule has 0 atom stereocenters. The zero-order chi connectivity index (χ0) is 24.0. The van der Waals surface area contributed by atoms with E-state index in [0.717, 1.165) is 47.3 Å². The van der Waals surface area contributed by atoms with E-state index in [-0.39, 0.29) is 23.9 Å². The third-order valence-corrected chi connectivity index (χ3v) is 6.28. The van der Waals surface area contributed by atoms with Gasteiger partial charge in [-0.3, -0.25) is 9.59 Å². The Balaban J connectivity index is 1.82. The predicted octanol–water partition coefficient (Wildman–Crippen LogP) is 5.95. The van der Waals surface area contributed by atoms with Gasteiger partial charge in [-0.25, -0.2) is 4.98 Å². The van der Waals surface area contributed by atoms with Crippen molar-refractivity contribution in [1.82, 2.24) is 4.98 Å². The van der Waals surface area contributed by atoms with Gasteiger partial charge < -0.3 is 15.0 Å². The number of anilines is 3. The SMILES string of the molecule is CCC1CCN(c2cc(Nc3ccc(C)c(/C=C(/OCC(C)=O)C(C)=O)c3)c(Cl)cn2)CC1. The summed E-state index contributed by atoms with van der Waals surface area (Å²) in [5.74, 6) is 1.49. The summed E-state index contributed by atoms with van der Waals surface area (Å²) >= 11 is 6.45. The normalized spacial score (nSPS) is 14.8. The van der Waals surface area contributed by atoms with E-state index < -0.39 is 0 Å². The summed E-state index contributed by atoms with van der Waals surface area (Å²) < 4.78 is 5.41. The maximum absolute atomic E-state index is 12.0. The van der Waals surface area contributed by atoms with Crippen LogP contribution in [0.1, 0.15) is 51.2 Å². The molecule has 2 aromatic rings. The maximum Gasteiger partial charge on any atom is 0.194 e. The molecule has 1 aromatic heterocycles. The Morgan fingerprint density at radius 1 is 1.24 bits per heavy atom. The van der Waals surface area contributed by atoms with Gasteiger partial charge in [0.1, 0.15) is 12.4 Å². The number of carbonyl (C=O) groups is 2. The molecular weight excluding hydrogens is 438 g/mol. The third-order valence-electron chi connectivity index (χ3n) is 5.98. The number of ketones is 2. The zero-order valence-electron chi connectivity index (χ0n) is 19.8. The van der Waals surface area contributed by atoms with Crippen LogP contribution in [0, 0.1) is 12.8 Å². The van der Waals surface area contributed by atoms with Crippen molar-refractivity contribution in [2.45, 2.75) is 47.0 Å². The summed E-state index contributed by atoms with van der Waals surface area (Å²) in [6, 6.07) is 7.83. The van der Waals surface area contributed by atoms with E-state index >= 15 is 0 Å². The highest BCUT2D eigenvalue weighted by molar-refractivity contribution is 6.33. The number of aryl methyl sites for hydroxylation is 1. The molecule has 0 aliphatic carbocycles. The summed E-state index contributed by atoms with van der Waals surface area (Å²) in [4.78, 5) is 30.1. The number of hydrogen-bond donors (Lipinski definition) is 1. The van der Waals surface area contributed by atoms with Gasteiger partial charge in [0.05, 0.1) is 16.9 Å². The molecule has 0 amide bonds. The van der Waals surface area contributed by atoms with Gasteiger partial charge in [0.2, 0.25) is 0 Å². The van der Waals surface area contributed by atoms with Crippen molar-refractivity contribution < 1.29 is 14.3 Å². The molecule has 0 radical (unpaired) electrons. The fourth-order valence-electron chi connectivity index (χ4n) is 3.86. The minimum atomic E-state index is -0.234. The number of piperidine rings is 1. The molecule has 0 bridgehead atoms. The van der Waals surface area contributed by atoms with E-state index in [1.807, 2.05) is 31.2 Å². The lowest BCUT2D eigenvalue weighted by Crippen LogP contribution is -2.34. The Hall–Kier alpha value is -2.86. The number of hydrogen-bond acceptors (Lipinski definition) is 6. The van der Waals surface area contributed by atoms with Gasteiger partial charge in [0.15, 0.2) is 17.3 Å². The largest absolute Gasteiger partial charge is 0.482 e. The Morgan fingerprint density at radius 2 is 1.97 bits per heavy atom. The second-order valence-electron chi connectivity index (χ2n) is 8.61. The number of Topliss-reactive ketones (excluding diaryl/α,β-unsaturated/α-hetero) is 2. The van der Waals surface area contributed by atoms with Gasteiger partial charge in [-0.1, -0.05) is 31.0 Å². The highest BCUT2D eigenvalue weighted by atomic mass is 35.5. The highest BCUT2D eigenvalue weighted by Gasteiger charge is 2.19. The number of ether oxygens (including phenoxy) is 1. The third kappa shape index (κ3) is 6.81. The number of aromatic nitrogens is 1. The van der Waals surface area contributed by atoms with Crippen LogP contribution in [0.25, 0.3) is 6.08 Å². The summed E-state index contributed by atoms with van der Waals surface area (Å²) in [6.07, 6.45) is 6.94. The number of carbonyl (C=O) groups excluding carboxylic acids is 2. The van der Waals surface area contributed by atoms with Crippen LogP contribution in [0.4, 0.5) is 17.2 Å². The molecule has 1 N–H and O–H groups in total. The lowest BCUT2D eigenvalue weighted by Gasteiger charge is -2.32. The van der Waals surface area contributed by atoms with Crippen LogP contribution in [-0.2, 0) is 14.3 Å². The fourth-order valence-corrected chi connectivity index (χ4v) is 4.01. The van der Waals surface area contributed by atoms with Crippen molar-refractivity contribution in [2.75, 3.05) is 29.9 Å².